The molecule has 0 aromatic carbocycles. The van der Waals surface area contributed by atoms with Crippen LogP contribution in [-0.2, 0) is 14.8 Å². The molecular weight excluding hydrogens is 288 g/mol. The van der Waals surface area contributed by atoms with Gasteiger partial charge >= 0.3 is 0 Å². The highest BCUT2D eigenvalue weighted by atomic mass is 32.2. The highest BCUT2D eigenvalue weighted by Crippen LogP contribution is 2.26. The van der Waals surface area contributed by atoms with Crippen molar-refractivity contribution in [2.24, 2.45) is 5.92 Å². The second-order valence-electron chi connectivity index (χ2n) is 6.49. The second-order valence-corrected chi connectivity index (χ2v) is 8.47. The Morgan fingerprint density at radius 1 is 1.29 bits per heavy atom. The van der Waals surface area contributed by atoms with E-state index in [1.165, 1.54) is 19.1 Å². The first-order chi connectivity index (χ1) is 9.99. The zero-order valence-electron chi connectivity index (χ0n) is 13.4. The summed E-state index contributed by atoms with van der Waals surface area (Å²) in [5.74, 6) is 0.471. The summed E-state index contributed by atoms with van der Waals surface area (Å²) in [5.41, 5.74) is 0. The molecule has 0 aromatic heterocycles. The van der Waals surface area contributed by atoms with E-state index < -0.39 is 10.0 Å². The maximum atomic E-state index is 11.7. The van der Waals surface area contributed by atoms with E-state index in [1.54, 1.807) is 4.31 Å². The van der Waals surface area contributed by atoms with Gasteiger partial charge in [0.15, 0.2) is 0 Å². The lowest BCUT2D eigenvalue weighted by atomic mass is 9.90. The van der Waals surface area contributed by atoms with Gasteiger partial charge in [0.25, 0.3) is 0 Å². The predicted molar refractivity (Wildman–Crippen MR) is 84.8 cm³/mol. The van der Waals surface area contributed by atoms with Crippen LogP contribution in [0.1, 0.15) is 45.4 Å². The molecular formula is C15H30N2O3S. The molecule has 0 aliphatic carbocycles. The lowest BCUT2D eigenvalue weighted by Gasteiger charge is -2.33. The molecule has 2 saturated heterocycles. The number of sulfonamides is 1. The second kappa shape index (κ2) is 7.90. The van der Waals surface area contributed by atoms with Gasteiger partial charge in [-0.05, 0) is 51.0 Å². The molecule has 2 aliphatic rings. The van der Waals surface area contributed by atoms with Crippen molar-refractivity contribution in [3.05, 3.63) is 0 Å². The van der Waals surface area contributed by atoms with Crippen molar-refractivity contribution in [2.75, 3.05) is 32.5 Å². The van der Waals surface area contributed by atoms with Crippen molar-refractivity contribution in [2.45, 2.75) is 57.6 Å². The van der Waals surface area contributed by atoms with Gasteiger partial charge in [-0.25, -0.2) is 12.7 Å². The van der Waals surface area contributed by atoms with Crippen LogP contribution in [0.15, 0.2) is 0 Å². The van der Waals surface area contributed by atoms with Crippen LogP contribution in [-0.4, -0.2) is 57.4 Å². The first-order valence-electron chi connectivity index (χ1n) is 8.29. The Morgan fingerprint density at radius 2 is 2.10 bits per heavy atom. The van der Waals surface area contributed by atoms with Crippen molar-refractivity contribution in [3.63, 3.8) is 0 Å². The normalized spacial score (nSPS) is 29.6. The molecule has 0 spiro atoms. The Hall–Kier alpha value is -0.170. The van der Waals surface area contributed by atoms with Gasteiger partial charge in [0.05, 0.1) is 12.4 Å². The number of rotatable bonds is 7. The van der Waals surface area contributed by atoms with E-state index in [9.17, 15) is 8.42 Å². The van der Waals surface area contributed by atoms with Crippen molar-refractivity contribution in [1.29, 1.82) is 0 Å². The van der Waals surface area contributed by atoms with Crippen LogP contribution in [0.25, 0.3) is 0 Å². The van der Waals surface area contributed by atoms with E-state index in [2.05, 4.69) is 12.2 Å². The van der Waals surface area contributed by atoms with E-state index >= 15 is 0 Å². The topological polar surface area (TPSA) is 58.6 Å². The van der Waals surface area contributed by atoms with Crippen molar-refractivity contribution in [3.8, 4) is 0 Å². The summed E-state index contributed by atoms with van der Waals surface area (Å²) in [5, 5.41) is 3.56. The Kier molecular flexibility index (Phi) is 6.47. The fourth-order valence-corrected chi connectivity index (χ4v) is 4.56. The minimum Gasteiger partial charge on any atom is -0.378 e. The molecule has 2 rings (SSSR count). The molecule has 3 atom stereocenters. The molecule has 5 nitrogen and oxygen atoms in total. The van der Waals surface area contributed by atoms with Crippen LogP contribution in [0.3, 0.4) is 0 Å². The van der Waals surface area contributed by atoms with Crippen LogP contribution >= 0.6 is 0 Å². The number of ether oxygens (including phenoxy) is 1. The molecule has 1 N–H and O–H groups in total. The molecule has 124 valence electrons. The maximum absolute atomic E-state index is 11.7. The number of piperidine rings is 1. The lowest BCUT2D eigenvalue weighted by molar-refractivity contribution is 0.0897. The van der Waals surface area contributed by atoms with Crippen LogP contribution in [0.5, 0.6) is 0 Å². The number of hydrogen-bond acceptors (Lipinski definition) is 4. The number of nitrogens with one attached hydrogen (secondary N) is 1. The monoisotopic (exact) mass is 318 g/mol. The molecule has 2 fully saturated rings. The molecule has 2 heterocycles. The summed E-state index contributed by atoms with van der Waals surface area (Å²) >= 11 is 0. The minimum absolute atomic E-state index is 0.392. The van der Waals surface area contributed by atoms with Crippen LogP contribution in [0, 0.1) is 5.92 Å². The quantitative estimate of drug-likeness (QED) is 0.774. The molecule has 0 bridgehead atoms. The van der Waals surface area contributed by atoms with Gasteiger partial charge in [-0.3, -0.25) is 0 Å². The Bertz CT molecular complexity index is 407. The molecule has 0 amide bonds. The molecule has 0 aromatic rings. The molecule has 0 saturated carbocycles. The van der Waals surface area contributed by atoms with Crippen molar-refractivity contribution in [1.82, 2.24) is 9.62 Å². The standard InChI is InChI=1S/C15H30N2O3S/c1-3-16-14(11-15-7-5-9-20-15)10-13-6-4-8-17(12-13)21(2,18)19/h13-16H,3-12H2,1-2H3. The first kappa shape index (κ1) is 17.2. The van der Waals surface area contributed by atoms with Crippen molar-refractivity contribution < 1.29 is 13.2 Å². The average Bonchev–Trinajstić information content (AvgIpc) is 2.91. The summed E-state index contributed by atoms with van der Waals surface area (Å²) < 4.78 is 30.8. The SMILES string of the molecule is CCNC(CC1CCCN(S(C)(=O)=O)C1)CC1CCCO1. The fourth-order valence-electron chi connectivity index (χ4n) is 3.62. The third-order valence-corrected chi connectivity index (χ3v) is 5.90. The van der Waals surface area contributed by atoms with Crippen LogP contribution < -0.4 is 5.32 Å². The average molecular weight is 318 g/mol. The Morgan fingerprint density at radius 3 is 2.71 bits per heavy atom. The Labute approximate surface area is 129 Å². The molecule has 3 unspecified atom stereocenters. The van der Waals surface area contributed by atoms with Crippen LogP contribution in [0.4, 0.5) is 0 Å². The third-order valence-electron chi connectivity index (χ3n) is 4.63. The predicted octanol–water partition coefficient (Wildman–Crippen LogP) is 1.60. The molecule has 0 radical (unpaired) electrons. The minimum atomic E-state index is -3.04. The van der Waals surface area contributed by atoms with Gasteiger partial charge in [0, 0.05) is 25.7 Å². The highest BCUT2D eigenvalue weighted by molar-refractivity contribution is 7.88. The zero-order valence-corrected chi connectivity index (χ0v) is 14.2. The molecule has 6 heteroatoms. The van der Waals surface area contributed by atoms with Gasteiger partial charge in [0.1, 0.15) is 0 Å². The van der Waals surface area contributed by atoms with Gasteiger partial charge in [-0.15, -0.1) is 0 Å². The number of hydrogen-bond donors (Lipinski definition) is 1. The summed E-state index contributed by atoms with van der Waals surface area (Å²) in [4.78, 5) is 0. The van der Waals surface area contributed by atoms with Gasteiger partial charge < -0.3 is 10.1 Å². The van der Waals surface area contributed by atoms with Gasteiger partial charge in [-0.1, -0.05) is 6.92 Å². The maximum Gasteiger partial charge on any atom is 0.211 e. The first-order valence-corrected chi connectivity index (χ1v) is 10.1. The summed E-state index contributed by atoms with van der Waals surface area (Å²) in [6.45, 7) is 5.36. The summed E-state index contributed by atoms with van der Waals surface area (Å²) in [6.07, 6.45) is 8.29. The van der Waals surface area contributed by atoms with E-state index in [4.69, 9.17) is 4.74 Å². The fraction of sp³-hybridized carbons (Fsp3) is 1.00. The van der Waals surface area contributed by atoms with E-state index in [0.717, 1.165) is 38.8 Å². The van der Waals surface area contributed by atoms with Gasteiger partial charge in [-0.2, -0.15) is 0 Å². The van der Waals surface area contributed by atoms with E-state index in [1.807, 2.05) is 0 Å². The smallest absolute Gasteiger partial charge is 0.211 e. The summed E-state index contributed by atoms with van der Waals surface area (Å²) in [6, 6.07) is 0.447. The van der Waals surface area contributed by atoms with E-state index in [0.29, 0.717) is 31.2 Å². The van der Waals surface area contributed by atoms with Gasteiger partial charge in [0.2, 0.25) is 10.0 Å². The zero-order chi connectivity index (χ0) is 15.3. The highest BCUT2D eigenvalue weighted by Gasteiger charge is 2.29. The lowest BCUT2D eigenvalue weighted by Crippen LogP contribution is -2.42. The van der Waals surface area contributed by atoms with E-state index in [-0.39, 0.29) is 0 Å². The Balaban J connectivity index is 1.86. The molecule has 21 heavy (non-hydrogen) atoms. The summed E-state index contributed by atoms with van der Waals surface area (Å²) in [7, 11) is -3.04. The van der Waals surface area contributed by atoms with Crippen LogP contribution in [0.2, 0.25) is 0 Å². The third kappa shape index (κ3) is 5.51. The van der Waals surface area contributed by atoms with Crippen molar-refractivity contribution >= 4 is 10.0 Å². The largest absolute Gasteiger partial charge is 0.378 e. The number of nitrogens with zero attached hydrogens (tertiary/aromatic N) is 1. The molecule has 2 aliphatic heterocycles.